The number of para-hydroxylation sites is 1. The molecule has 5 nitrogen and oxygen atoms in total. The van der Waals surface area contributed by atoms with Gasteiger partial charge >= 0.3 is 0 Å². The number of hydrogen-bond donors (Lipinski definition) is 1. The lowest BCUT2D eigenvalue weighted by atomic mass is 9.86. The van der Waals surface area contributed by atoms with Gasteiger partial charge in [-0.25, -0.2) is 0 Å². The third kappa shape index (κ3) is 3.78. The van der Waals surface area contributed by atoms with Crippen LogP contribution in [0.15, 0.2) is 24.3 Å². The van der Waals surface area contributed by atoms with Gasteiger partial charge in [-0.05, 0) is 25.0 Å². The molecule has 23 heavy (non-hydrogen) atoms. The Labute approximate surface area is 140 Å². The lowest BCUT2D eigenvalue weighted by Gasteiger charge is -2.21. The highest BCUT2D eigenvalue weighted by atomic mass is 35.5. The summed E-state index contributed by atoms with van der Waals surface area (Å²) in [6.07, 6.45) is 2.58. The Kier molecular flexibility index (Phi) is 4.76. The zero-order valence-corrected chi connectivity index (χ0v) is 13.8. The molecule has 1 N–H and O–H groups in total. The van der Waals surface area contributed by atoms with E-state index in [0.717, 1.165) is 13.0 Å². The minimum atomic E-state index is -0.0270. The van der Waals surface area contributed by atoms with Gasteiger partial charge in [0.05, 0.1) is 11.6 Å². The molecule has 2 fully saturated rings. The molecule has 0 aliphatic carbocycles. The first-order chi connectivity index (χ1) is 11.1. The minimum Gasteiger partial charge on any atom is -0.492 e. The number of amides is 2. The number of nitrogens with one attached hydrogen (secondary N) is 1. The van der Waals surface area contributed by atoms with Gasteiger partial charge < -0.3 is 15.0 Å². The largest absolute Gasteiger partial charge is 0.492 e. The SMILES string of the molecule is O=C1CC2(CCN(C(=O)CCCOc3ccccc3Cl)C2)CN1. The number of carbonyl (C=O) groups excluding carboxylic acids is 2. The van der Waals surface area contributed by atoms with E-state index in [0.29, 0.717) is 49.7 Å². The first-order valence-corrected chi connectivity index (χ1v) is 8.38. The quantitative estimate of drug-likeness (QED) is 0.839. The second-order valence-electron chi connectivity index (χ2n) is 6.40. The summed E-state index contributed by atoms with van der Waals surface area (Å²) in [5, 5.41) is 3.46. The van der Waals surface area contributed by atoms with Crippen molar-refractivity contribution in [3.63, 3.8) is 0 Å². The summed E-state index contributed by atoms with van der Waals surface area (Å²) in [5.74, 6) is 0.897. The third-order valence-corrected chi connectivity index (χ3v) is 4.93. The average Bonchev–Trinajstić information content (AvgIpc) is 3.12. The Morgan fingerprint density at radius 2 is 2.22 bits per heavy atom. The fraction of sp³-hybridized carbons (Fsp3) is 0.529. The van der Waals surface area contributed by atoms with Crippen LogP contribution in [0, 0.1) is 5.41 Å². The van der Waals surface area contributed by atoms with Crippen molar-refractivity contribution in [2.75, 3.05) is 26.2 Å². The van der Waals surface area contributed by atoms with Crippen LogP contribution in [0.5, 0.6) is 5.75 Å². The molecule has 2 amide bonds. The maximum atomic E-state index is 12.3. The second kappa shape index (κ2) is 6.79. The van der Waals surface area contributed by atoms with Gasteiger partial charge in [-0.2, -0.15) is 0 Å². The number of carbonyl (C=O) groups is 2. The number of halogens is 1. The van der Waals surface area contributed by atoms with Crippen LogP contribution in [0.25, 0.3) is 0 Å². The van der Waals surface area contributed by atoms with E-state index < -0.39 is 0 Å². The maximum absolute atomic E-state index is 12.3. The molecule has 1 aromatic rings. The predicted molar refractivity (Wildman–Crippen MR) is 87.4 cm³/mol. The van der Waals surface area contributed by atoms with Gasteiger partial charge in [0.1, 0.15) is 5.75 Å². The fourth-order valence-electron chi connectivity index (χ4n) is 3.31. The smallest absolute Gasteiger partial charge is 0.222 e. The molecule has 2 aliphatic heterocycles. The molecule has 2 heterocycles. The molecule has 0 bridgehead atoms. The van der Waals surface area contributed by atoms with Crippen molar-refractivity contribution < 1.29 is 14.3 Å². The molecule has 6 heteroatoms. The molecule has 2 saturated heterocycles. The molecule has 1 aromatic carbocycles. The molecular weight excluding hydrogens is 316 g/mol. The number of nitrogens with zero attached hydrogens (tertiary/aromatic N) is 1. The highest BCUT2D eigenvalue weighted by Crippen LogP contribution is 2.36. The van der Waals surface area contributed by atoms with Crippen LogP contribution >= 0.6 is 11.6 Å². The van der Waals surface area contributed by atoms with Crippen molar-refractivity contribution in [1.29, 1.82) is 0 Å². The molecule has 1 atom stereocenters. The summed E-state index contributed by atoms with van der Waals surface area (Å²) < 4.78 is 5.60. The Morgan fingerprint density at radius 3 is 2.96 bits per heavy atom. The predicted octanol–water partition coefficient (Wildman–Crippen LogP) is 2.24. The standard InChI is InChI=1S/C17H21ClN2O3/c18-13-4-1-2-5-14(13)23-9-3-6-16(22)20-8-7-17(12-20)10-15(21)19-11-17/h1-2,4-5H,3,6-12H2,(H,19,21). The van der Waals surface area contributed by atoms with Gasteiger partial charge in [0, 0.05) is 37.9 Å². The van der Waals surface area contributed by atoms with Crippen LogP contribution in [0.4, 0.5) is 0 Å². The second-order valence-corrected chi connectivity index (χ2v) is 6.81. The molecule has 2 aliphatic rings. The van der Waals surface area contributed by atoms with Gasteiger partial charge in [0.25, 0.3) is 0 Å². The Balaban J connectivity index is 1.40. The van der Waals surface area contributed by atoms with Crippen molar-refractivity contribution in [3.8, 4) is 5.75 Å². The van der Waals surface area contributed by atoms with Crippen molar-refractivity contribution in [2.24, 2.45) is 5.41 Å². The van der Waals surface area contributed by atoms with Crippen LogP contribution in [0.2, 0.25) is 5.02 Å². The minimum absolute atomic E-state index is 0.0270. The van der Waals surface area contributed by atoms with E-state index in [4.69, 9.17) is 16.3 Å². The molecule has 0 aromatic heterocycles. The first kappa shape index (κ1) is 16.1. The number of ether oxygens (including phenoxy) is 1. The van der Waals surface area contributed by atoms with Gasteiger partial charge in [-0.3, -0.25) is 9.59 Å². The number of rotatable bonds is 5. The third-order valence-electron chi connectivity index (χ3n) is 4.62. The Morgan fingerprint density at radius 1 is 1.39 bits per heavy atom. The summed E-state index contributed by atoms with van der Waals surface area (Å²) in [6, 6.07) is 7.32. The van der Waals surface area contributed by atoms with E-state index in [1.54, 1.807) is 6.07 Å². The van der Waals surface area contributed by atoms with Crippen molar-refractivity contribution >= 4 is 23.4 Å². The van der Waals surface area contributed by atoms with E-state index in [9.17, 15) is 9.59 Å². The van der Waals surface area contributed by atoms with Crippen LogP contribution in [0.1, 0.15) is 25.7 Å². The van der Waals surface area contributed by atoms with Gasteiger partial charge in [-0.1, -0.05) is 23.7 Å². The van der Waals surface area contributed by atoms with Crippen molar-refractivity contribution in [3.05, 3.63) is 29.3 Å². The summed E-state index contributed by atoms with van der Waals surface area (Å²) in [4.78, 5) is 25.6. The lowest BCUT2D eigenvalue weighted by Crippen LogP contribution is -2.33. The lowest BCUT2D eigenvalue weighted by molar-refractivity contribution is -0.131. The molecule has 124 valence electrons. The van der Waals surface area contributed by atoms with E-state index >= 15 is 0 Å². The first-order valence-electron chi connectivity index (χ1n) is 8.00. The average molecular weight is 337 g/mol. The van der Waals surface area contributed by atoms with E-state index in [1.807, 2.05) is 23.1 Å². The summed E-state index contributed by atoms with van der Waals surface area (Å²) >= 11 is 6.02. The van der Waals surface area contributed by atoms with Crippen LogP contribution in [0.3, 0.4) is 0 Å². The highest BCUT2D eigenvalue weighted by Gasteiger charge is 2.44. The Bertz CT molecular complexity index is 607. The Hall–Kier alpha value is -1.75. The molecule has 1 unspecified atom stereocenters. The monoisotopic (exact) mass is 336 g/mol. The van der Waals surface area contributed by atoms with E-state index in [-0.39, 0.29) is 17.2 Å². The zero-order chi connectivity index (χ0) is 16.3. The topological polar surface area (TPSA) is 58.6 Å². The van der Waals surface area contributed by atoms with Crippen LogP contribution in [-0.4, -0.2) is 43.0 Å². The van der Waals surface area contributed by atoms with Crippen LogP contribution in [-0.2, 0) is 9.59 Å². The molecule has 3 rings (SSSR count). The van der Waals surface area contributed by atoms with E-state index in [1.165, 1.54) is 0 Å². The van der Waals surface area contributed by atoms with Gasteiger partial charge in [-0.15, -0.1) is 0 Å². The molecule has 0 radical (unpaired) electrons. The number of likely N-dealkylation sites (tertiary alicyclic amines) is 1. The van der Waals surface area contributed by atoms with Crippen LogP contribution < -0.4 is 10.1 Å². The molecular formula is C17H21ClN2O3. The highest BCUT2D eigenvalue weighted by molar-refractivity contribution is 6.32. The normalized spacial score (nSPS) is 23.3. The van der Waals surface area contributed by atoms with Crippen molar-refractivity contribution in [1.82, 2.24) is 10.2 Å². The maximum Gasteiger partial charge on any atom is 0.222 e. The number of benzene rings is 1. The fourth-order valence-corrected chi connectivity index (χ4v) is 3.50. The summed E-state index contributed by atoms with van der Waals surface area (Å²) in [7, 11) is 0. The summed E-state index contributed by atoms with van der Waals surface area (Å²) in [6.45, 7) is 2.61. The molecule has 1 spiro atoms. The van der Waals surface area contributed by atoms with E-state index in [2.05, 4.69) is 5.32 Å². The van der Waals surface area contributed by atoms with Gasteiger partial charge in [0.15, 0.2) is 0 Å². The van der Waals surface area contributed by atoms with Gasteiger partial charge in [0.2, 0.25) is 11.8 Å². The molecule has 0 saturated carbocycles. The number of hydrogen-bond acceptors (Lipinski definition) is 3. The summed E-state index contributed by atoms with van der Waals surface area (Å²) in [5.41, 5.74) is -0.0270. The van der Waals surface area contributed by atoms with Crippen molar-refractivity contribution in [2.45, 2.75) is 25.7 Å². The zero-order valence-electron chi connectivity index (χ0n) is 13.0.